The van der Waals surface area contributed by atoms with E-state index >= 15 is 0 Å². The summed E-state index contributed by atoms with van der Waals surface area (Å²) in [5.74, 6) is 0.0266. The molecule has 3 nitrogen and oxygen atoms in total. The number of carbonyl (C=O) groups excluding carboxylic acids is 1. The number of nitrogens with one attached hydrogen (secondary N) is 1. The van der Waals surface area contributed by atoms with E-state index in [1.807, 2.05) is 6.92 Å². The highest BCUT2D eigenvalue weighted by molar-refractivity contribution is 9.10. The zero-order chi connectivity index (χ0) is 8.72. The lowest BCUT2D eigenvalue weighted by molar-refractivity contribution is -0.115. The van der Waals surface area contributed by atoms with Crippen molar-refractivity contribution in [2.75, 3.05) is 5.32 Å². The van der Waals surface area contributed by atoms with Crippen molar-refractivity contribution in [2.24, 2.45) is 0 Å². The molecule has 0 atom stereocenters. The van der Waals surface area contributed by atoms with E-state index in [-0.39, 0.29) is 5.91 Å². The van der Waals surface area contributed by atoms with Crippen molar-refractivity contribution in [3.05, 3.63) is 21.9 Å². The quantitative estimate of drug-likeness (QED) is 0.732. The Hall–Kier alpha value is -0.900. The first-order valence-corrected chi connectivity index (χ1v) is 4.41. The van der Waals surface area contributed by atoms with Gasteiger partial charge in [-0.25, -0.2) is 0 Å². The second-order valence-corrected chi connectivity index (χ2v) is 3.63. The van der Waals surface area contributed by atoms with Crippen molar-refractivity contribution in [1.29, 1.82) is 0 Å². The monoisotopic (exact) mass is 226 g/mol. The topological polar surface area (TPSA) is 42.0 Å². The third-order valence-electron chi connectivity index (χ3n) is 1.95. The Balaban J connectivity index is 2.61. The molecule has 0 saturated carbocycles. The van der Waals surface area contributed by atoms with Gasteiger partial charge in [0.25, 0.3) is 0 Å². The Kier molecular flexibility index (Phi) is 1.65. The van der Waals surface area contributed by atoms with Gasteiger partial charge in [0, 0.05) is 10.7 Å². The van der Waals surface area contributed by atoms with Gasteiger partial charge in [0.1, 0.15) is 0 Å². The highest BCUT2D eigenvalue weighted by Gasteiger charge is 2.21. The third-order valence-corrected chi connectivity index (χ3v) is 2.75. The average Bonchev–Trinajstić information content (AvgIpc) is 2.39. The number of fused-ring (bicyclic) bond motifs is 1. The molecular formula is C8H7BrN2O. The molecule has 0 bridgehead atoms. The van der Waals surface area contributed by atoms with Gasteiger partial charge < -0.3 is 5.32 Å². The van der Waals surface area contributed by atoms with Gasteiger partial charge in [0.05, 0.1) is 17.8 Å². The van der Waals surface area contributed by atoms with Gasteiger partial charge in [-0.1, -0.05) is 0 Å². The molecule has 1 N–H and O–H groups in total. The maximum atomic E-state index is 11.0. The van der Waals surface area contributed by atoms with Gasteiger partial charge in [0.2, 0.25) is 5.91 Å². The fourth-order valence-corrected chi connectivity index (χ4v) is 1.57. The molecule has 62 valence electrons. The van der Waals surface area contributed by atoms with E-state index < -0.39 is 0 Å². The van der Waals surface area contributed by atoms with Crippen molar-refractivity contribution in [3.63, 3.8) is 0 Å². The molecule has 0 radical (unpaired) electrons. The lowest BCUT2D eigenvalue weighted by Crippen LogP contribution is -2.04. The Morgan fingerprint density at radius 1 is 1.67 bits per heavy atom. The minimum atomic E-state index is 0.0266. The summed E-state index contributed by atoms with van der Waals surface area (Å²) in [4.78, 5) is 15.1. The summed E-state index contributed by atoms with van der Waals surface area (Å²) < 4.78 is 0.934. The highest BCUT2D eigenvalue weighted by atomic mass is 79.9. The standard InChI is InChI=1S/C8H7BrN2O/c1-4-5(9)3-10-6-2-7(12)11-8(4)6/h3H,2H2,1H3,(H,11,12). The maximum absolute atomic E-state index is 11.0. The van der Waals surface area contributed by atoms with Crippen LogP contribution in [-0.2, 0) is 11.2 Å². The molecule has 1 aliphatic heterocycles. The highest BCUT2D eigenvalue weighted by Crippen LogP contribution is 2.29. The fraction of sp³-hybridized carbons (Fsp3) is 0.250. The number of halogens is 1. The van der Waals surface area contributed by atoms with Crippen molar-refractivity contribution in [3.8, 4) is 0 Å². The van der Waals surface area contributed by atoms with E-state index in [1.54, 1.807) is 6.20 Å². The van der Waals surface area contributed by atoms with Gasteiger partial charge >= 0.3 is 0 Å². The van der Waals surface area contributed by atoms with Crippen molar-refractivity contribution in [2.45, 2.75) is 13.3 Å². The zero-order valence-electron chi connectivity index (χ0n) is 6.52. The first-order chi connectivity index (χ1) is 5.68. The fourth-order valence-electron chi connectivity index (χ4n) is 1.27. The molecule has 0 fully saturated rings. The molecule has 1 aliphatic rings. The van der Waals surface area contributed by atoms with Crippen LogP contribution in [0.2, 0.25) is 0 Å². The second-order valence-electron chi connectivity index (χ2n) is 2.78. The number of anilines is 1. The van der Waals surface area contributed by atoms with Crippen molar-refractivity contribution < 1.29 is 4.79 Å². The van der Waals surface area contributed by atoms with Crippen LogP contribution in [-0.4, -0.2) is 10.9 Å². The number of hydrogen-bond donors (Lipinski definition) is 1. The van der Waals surface area contributed by atoms with Crippen LogP contribution in [0.15, 0.2) is 10.7 Å². The van der Waals surface area contributed by atoms with Crippen LogP contribution in [0.3, 0.4) is 0 Å². The summed E-state index contributed by atoms with van der Waals surface area (Å²) >= 11 is 3.35. The molecule has 2 heterocycles. The lowest BCUT2D eigenvalue weighted by Gasteiger charge is -2.03. The number of carbonyl (C=O) groups is 1. The predicted molar refractivity (Wildman–Crippen MR) is 49.0 cm³/mol. The third kappa shape index (κ3) is 1.03. The van der Waals surface area contributed by atoms with Crippen LogP contribution >= 0.6 is 15.9 Å². The SMILES string of the molecule is Cc1c(Br)cnc2c1NC(=O)C2. The van der Waals surface area contributed by atoms with E-state index in [4.69, 9.17) is 0 Å². The molecule has 1 aromatic rings. The number of hydrogen-bond acceptors (Lipinski definition) is 2. The first kappa shape index (κ1) is 7.73. The molecule has 0 saturated heterocycles. The Bertz CT molecular complexity index is 362. The number of nitrogens with zero attached hydrogens (tertiary/aromatic N) is 1. The first-order valence-electron chi connectivity index (χ1n) is 3.62. The molecular weight excluding hydrogens is 220 g/mol. The summed E-state index contributed by atoms with van der Waals surface area (Å²) in [6.45, 7) is 1.95. The summed E-state index contributed by atoms with van der Waals surface area (Å²) in [6, 6.07) is 0. The Morgan fingerprint density at radius 2 is 2.42 bits per heavy atom. The molecule has 1 amide bonds. The van der Waals surface area contributed by atoms with Gasteiger partial charge in [0.15, 0.2) is 0 Å². The summed E-state index contributed by atoms with van der Waals surface area (Å²) in [7, 11) is 0. The summed E-state index contributed by atoms with van der Waals surface area (Å²) in [6.07, 6.45) is 2.14. The number of aromatic nitrogens is 1. The smallest absolute Gasteiger partial charge is 0.230 e. The average molecular weight is 227 g/mol. The zero-order valence-corrected chi connectivity index (χ0v) is 8.10. The summed E-state index contributed by atoms with van der Waals surface area (Å²) in [5.41, 5.74) is 2.76. The number of amides is 1. The molecule has 0 spiro atoms. The largest absolute Gasteiger partial charge is 0.324 e. The van der Waals surface area contributed by atoms with Gasteiger partial charge in [-0.15, -0.1) is 0 Å². The van der Waals surface area contributed by atoms with Gasteiger partial charge in [-0.3, -0.25) is 9.78 Å². The van der Waals surface area contributed by atoms with Crippen molar-refractivity contribution in [1.82, 2.24) is 4.98 Å². The number of rotatable bonds is 0. The minimum absolute atomic E-state index is 0.0266. The molecule has 0 aromatic carbocycles. The number of pyridine rings is 1. The predicted octanol–water partition coefficient (Wildman–Crippen LogP) is 1.65. The molecule has 0 aliphatic carbocycles. The van der Waals surface area contributed by atoms with Crippen LogP contribution in [0, 0.1) is 6.92 Å². The lowest BCUT2D eigenvalue weighted by atomic mass is 10.2. The normalized spacial score (nSPS) is 14.3. The van der Waals surface area contributed by atoms with Crippen molar-refractivity contribution >= 4 is 27.5 Å². The maximum Gasteiger partial charge on any atom is 0.230 e. The van der Waals surface area contributed by atoms with Gasteiger partial charge in [-0.05, 0) is 28.4 Å². The molecule has 2 rings (SSSR count). The van der Waals surface area contributed by atoms with E-state index in [1.165, 1.54) is 0 Å². The molecule has 4 heteroatoms. The second kappa shape index (κ2) is 2.55. The van der Waals surface area contributed by atoms with Crippen LogP contribution in [0.25, 0.3) is 0 Å². The molecule has 12 heavy (non-hydrogen) atoms. The van der Waals surface area contributed by atoms with Crippen LogP contribution in [0.5, 0.6) is 0 Å². The minimum Gasteiger partial charge on any atom is -0.324 e. The van der Waals surface area contributed by atoms with E-state index in [9.17, 15) is 4.79 Å². The summed E-state index contributed by atoms with van der Waals surface area (Å²) in [5, 5.41) is 2.78. The van der Waals surface area contributed by atoms with E-state index in [0.717, 1.165) is 21.4 Å². The van der Waals surface area contributed by atoms with E-state index in [2.05, 4.69) is 26.2 Å². The van der Waals surface area contributed by atoms with Crippen LogP contribution in [0.4, 0.5) is 5.69 Å². The molecule has 1 aromatic heterocycles. The Labute approximate surface area is 78.3 Å². The van der Waals surface area contributed by atoms with Gasteiger partial charge in [-0.2, -0.15) is 0 Å². The van der Waals surface area contributed by atoms with E-state index in [0.29, 0.717) is 6.42 Å². The molecule has 0 unspecified atom stereocenters. The Morgan fingerprint density at radius 3 is 3.17 bits per heavy atom. The van der Waals surface area contributed by atoms with Crippen LogP contribution < -0.4 is 5.32 Å². The van der Waals surface area contributed by atoms with Crippen LogP contribution in [0.1, 0.15) is 11.3 Å².